The smallest absolute Gasteiger partial charge is 0.161 e. The topological polar surface area (TPSA) is 43.8 Å². The Morgan fingerprint density at radius 1 is 1.22 bits per heavy atom. The van der Waals surface area contributed by atoms with Gasteiger partial charge in [-0.05, 0) is 24.6 Å². The summed E-state index contributed by atoms with van der Waals surface area (Å²) in [5, 5.41) is 3.16. The van der Waals surface area contributed by atoms with Crippen molar-refractivity contribution in [2.75, 3.05) is 32.9 Å². The summed E-state index contributed by atoms with van der Waals surface area (Å²) in [6.07, 6.45) is 0.0830. The molecule has 0 N–H and O–H groups in total. The standard InChI is InChI=1S/C17H20N2O3S/c1-12-11-23-17(18-12)16-10-19(4-5-20-16)9-13-2-3-14-15(8-13)22-7-6-21-14/h2-3,8,11,16H,4-7,9-10H2,1H3/t16-/m1/s1. The van der Waals surface area contributed by atoms with Crippen LogP contribution in [0, 0.1) is 6.92 Å². The second-order valence-corrected chi connectivity index (χ2v) is 6.79. The van der Waals surface area contributed by atoms with E-state index < -0.39 is 0 Å². The zero-order chi connectivity index (χ0) is 15.6. The molecule has 0 aliphatic carbocycles. The Morgan fingerprint density at radius 3 is 2.91 bits per heavy atom. The molecule has 0 spiro atoms. The molecular weight excluding hydrogens is 312 g/mol. The van der Waals surface area contributed by atoms with E-state index in [1.807, 2.05) is 13.0 Å². The number of aryl methyl sites for hydroxylation is 1. The van der Waals surface area contributed by atoms with E-state index in [4.69, 9.17) is 14.2 Å². The maximum Gasteiger partial charge on any atom is 0.161 e. The molecule has 1 saturated heterocycles. The van der Waals surface area contributed by atoms with Crippen LogP contribution in [-0.4, -0.2) is 42.8 Å². The fourth-order valence-electron chi connectivity index (χ4n) is 2.96. The summed E-state index contributed by atoms with van der Waals surface area (Å²) in [5.74, 6) is 1.70. The molecule has 3 heterocycles. The van der Waals surface area contributed by atoms with Gasteiger partial charge in [-0.1, -0.05) is 6.07 Å². The third-order valence-electron chi connectivity index (χ3n) is 4.08. The van der Waals surface area contributed by atoms with Crippen LogP contribution in [0.1, 0.15) is 22.4 Å². The van der Waals surface area contributed by atoms with Gasteiger partial charge in [0.1, 0.15) is 24.3 Å². The average Bonchev–Trinajstić information content (AvgIpc) is 3.02. The van der Waals surface area contributed by atoms with Gasteiger partial charge in [0, 0.05) is 30.7 Å². The van der Waals surface area contributed by atoms with Gasteiger partial charge in [-0.2, -0.15) is 0 Å². The Labute approximate surface area is 139 Å². The van der Waals surface area contributed by atoms with E-state index in [0.29, 0.717) is 13.2 Å². The summed E-state index contributed by atoms with van der Waals surface area (Å²) in [5.41, 5.74) is 2.31. The van der Waals surface area contributed by atoms with Crippen LogP contribution < -0.4 is 9.47 Å². The number of aromatic nitrogens is 1. The zero-order valence-electron chi connectivity index (χ0n) is 13.2. The van der Waals surface area contributed by atoms with Crippen molar-refractivity contribution in [3.8, 4) is 11.5 Å². The lowest BCUT2D eigenvalue weighted by molar-refractivity contribution is -0.0330. The Kier molecular flexibility index (Phi) is 4.20. The minimum atomic E-state index is 0.0830. The highest BCUT2D eigenvalue weighted by molar-refractivity contribution is 7.09. The fraction of sp³-hybridized carbons (Fsp3) is 0.471. The normalized spacial score (nSPS) is 21.3. The van der Waals surface area contributed by atoms with Crippen LogP contribution in [0.25, 0.3) is 0 Å². The van der Waals surface area contributed by atoms with Crippen molar-refractivity contribution in [3.05, 3.63) is 39.8 Å². The minimum Gasteiger partial charge on any atom is -0.486 e. The van der Waals surface area contributed by atoms with E-state index in [1.54, 1.807) is 11.3 Å². The van der Waals surface area contributed by atoms with Crippen LogP contribution >= 0.6 is 11.3 Å². The number of hydrogen-bond acceptors (Lipinski definition) is 6. The number of ether oxygens (including phenoxy) is 3. The largest absolute Gasteiger partial charge is 0.486 e. The van der Waals surface area contributed by atoms with Gasteiger partial charge in [-0.25, -0.2) is 4.98 Å². The summed E-state index contributed by atoms with van der Waals surface area (Å²) < 4.78 is 17.1. The summed E-state index contributed by atoms with van der Waals surface area (Å²) in [6.45, 7) is 6.73. The third-order valence-corrected chi connectivity index (χ3v) is 5.13. The van der Waals surface area contributed by atoms with Crippen molar-refractivity contribution in [1.82, 2.24) is 9.88 Å². The predicted molar refractivity (Wildman–Crippen MR) is 88.3 cm³/mol. The van der Waals surface area contributed by atoms with Crippen molar-refractivity contribution in [1.29, 1.82) is 0 Å². The molecule has 0 radical (unpaired) electrons. The SMILES string of the molecule is Cc1csc([C@H]2CN(Cc3ccc4c(c3)OCCO4)CCO2)n1. The Hall–Kier alpha value is -1.63. The summed E-state index contributed by atoms with van der Waals surface area (Å²) in [7, 11) is 0. The molecule has 1 atom stereocenters. The summed E-state index contributed by atoms with van der Waals surface area (Å²) in [4.78, 5) is 6.98. The maximum absolute atomic E-state index is 5.90. The zero-order valence-corrected chi connectivity index (χ0v) is 14.0. The van der Waals surface area contributed by atoms with E-state index >= 15 is 0 Å². The van der Waals surface area contributed by atoms with E-state index in [2.05, 4.69) is 27.4 Å². The first-order valence-electron chi connectivity index (χ1n) is 7.92. The lowest BCUT2D eigenvalue weighted by Crippen LogP contribution is -2.37. The molecule has 5 nitrogen and oxygen atoms in total. The number of nitrogens with zero attached hydrogens (tertiary/aromatic N) is 2. The number of fused-ring (bicyclic) bond motifs is 1. The second kappa shape index (κ2) is 6.47. The predicted octanol–water partition coefficient (Wildman–Crippen LogP) is 2.80. The number of benzene rings is 1. The number of hydrogen-bond donors (Lipinski definition) is 0. The van der Waals surface area contributed by atoms with Gasteiger partial charge < -0.3 is 14.2 Å². The average molecular weight is 332 g/mol. The highest BCUT2D eigenvalue weighted by Gasteiger charge is 2.24. The van der Waals surface area contributed by atoms with Gasteiger partial charge >= 0.3 is 0 Å². The monoisotopic (exact) mass is 332 g/mol. The quantitative estimate of drug-likeness (QED) is 0.865. The number of thiazole rings is 1. The fourth-order valence-corrected chi connectivity index (χ4v) is 3.79. The first-order chi connectivity index (χ1) is 11.3. The third kappa shape index (κ3) is 3.34. The van der Waals surface area contributed by atoms with Crippen molar-refractivity contribution in [2.24, 2.45) is 0 Å². The van der Waals surface area contributed by atoms with E-state index in [0.717, 1.165) is 48.4 Å². The minimum absolute atomic E-state index is 0.0830. The molecule has 0 bridgehead atoms. The molecule has 4 rings (SSSR count). The van der Waals surface area contributed by atoms with E-state index in [9.17, 15) is 0 Å². The van der Waals surface area contributed by atoms with E-state index in [1.165, 1.54) is 5.56 Å². The Balaban J connectivity index is 1.44. The molecule has 6 heteroatoms. The molecule has 23 heavy (non-hydrogen) atoms. The lowest BCUT2D eigenvalue weighted by atomic mass is 10.1. The molecule has 1 aromatic carbocycles. The van der Waals surface area contributed by atoms with Crippen LogP contribution in [0.3, 0.4) is 0 Å². The summed E-state index contributed by atoms with van der Waals surface area (Å²) in [6, 6.07) is 6.21. The maximum atomic E-state index is 5.90. The Morgan fingerprint density at radius 2 is 2.09 bits per heavy atom. The van der Waals surface area contributed by atoms with Crippen LogP contribution in [0.2, 0.25) is 0 Å². The molecule has 0 unspecified atom stereocenters. The molecule has 2 aliphatic rings. The van der Waals surface area contributed by atoms with Gasteiger partial charge in [0.2, 0.25) is 0 Å². The van der Waals surface area contributed by atoms with Gasteiger partial charge in [0.15, 0.2) is 11.5 Å². The molecule has 1 aromatic heterocycles. The van der Waals surface area contributed by atoms with Crippen LogP contribution in [0.4, 0.5) is 0 Å². The molecule has 122 valence electrons. The highest BCUT2D eigenvalue weighted by Crippen LogP contribution is 2.32. The highest BCUT2D eigenvalue weighted by atomic mass is 32.1. The van der Waals surface area contributed by atoms with E-state index in [-0.39, 0.29) is 6.10 Å². The molecule has 0 saturated carbocycles. The molecule has 0 amide bonds. The molecule has 2 aliphatic heterocycles. The second-order valence-electron chi connectivity index (χ2n) is 5.90. The first-order valence-corrected chi connectivity index (χ1v) is 8.80. The van der Waals surface area contributed by atoms with Gasteiger partial charge in [0.05, 0.1) is 6.61 Å². The van der Waals surface area contributed by atoms with Crippen LogP contribution in [0.15, 0.2) is 23.6 Å². The summed E-state index contributed by atoms with van der Waals surface area (Å²) >= 11 is 1.68. The molecule has 2 aromatic rings. The number of rotatable bonds is 3. The lowest BCUT2D eigenvalue weighted by Gasteiger charge is -2.32. The van der Waals surface area contributed by atoms with Crippen molar-refractivity contribution in [2.45, 2.75) is 19.6 Å². The first kappa shape index (κ1) is 14.9. The van der Waals surface area contributed by atoms with Gasteiger partial charge in [-0.3, -0.25) is 4.90 Å². The van der Waals surface area contributed by atoms with Gasteiger partial charge in [0.25, 0.3) is 0 Å². The van der Waals surface area contributed by atoms with Crippen molar-refractivity contribution < 1.29 is 14.2 Å². The van der Waals surface area contributed by atoms with Crippen LogP contribution in [-0.2, 0) is 11.3 Å². The number of morpholine rings is 1. The molecular formula is C17H20N2O3S. The Bertz CT molecular complexity index is 688. The van der Waals surface area contributed by atoms with Crippen molar-refractivity contribution >= 4 is 11.3 Å². The van der Waals surface area contributed by atoms with Gasteiger partial charge in [-0.15, -0.1) is 11.3 Å². The van der Waals surface area contributed by atoms with Crippen LogP contribution in [0.5, 0.6) is 11.5 Å². The van der Waals surface area contributed by atoms with Crippen molar-refractivity contribution in [3.63, 3.8) is 0 Å². The molecule has 1 fully saturated rings.